The van der Waals surface area contributed by atoms with E-state index in [-0.39, 0.29) is 0 Å². The maximum atomic E-state index is 9.74. The maximum Gasteiger partial charge on any atom is 0.0991 e. The van der Waals surface area contributed by atoms with E-state index in [0.717, 1.165) is 66.5 Å². The van der Waals surface area contributed by atoms with Crippen LogP contribution in [0.4, 0.5) is 0 Å². The Labute approximate surface area is 277 Å². The van der Waals surface area contributed by atoms with Crippen molar-refractivity contribution >= 4 is 43.6 Å². The Morgan fingerprint density at radius 2 is 0.875 bits per heavy atom. The predicted octanol–water partition coefficient (Wildman–Crippen LogP) is 11.0. The highest BCUT2D eigenvalue weighted by molar-refractivity contribution is 6.10. The second kappa shape index (κ2) is 10.9. The third kappa shape index (κ3) is 4.22. The van der Waals surface area contributed by atoms with E-state index in [1.165, 1.54) is 10.8 Å². The summed E-state index contributed by atoms with van der Waals surface area (Å²) in [6.07, 6.45) is 0. The van der Waals surface area contributed by atoms with Crippen LogP contribution in [0.15, 0.2) is 158 Å². The maximum absolute atomic E-state index is 9.74. The summed E-state index contributed by atoms with van der Waals surface area (Å²) >= 11 is 0. The van der Waals surface area contributed by atoms with Crippen LogP contribution in [0, 0.1) is 22.7 Å². The topological polar surface area (TPSA) is 57.4 Å². The van der Waals surface area contributed by atoms with E-state index in [1.807, 2.05) is 42.5 Å². The Bertz CT molecular complexity index is 2760. The summed E-state index contributed by atoms with van der Waals surface area (Å²) in [5, 5.41) is 24.0. The SMILES string of the molecule is N#Cc1cccc(-c2ccc(-n3c4ccccc4c4ccccc43)cc2-c2cccc(-n3c4ccccc4c4cc(C#N)ccc43)c2)c1. The number of aromatic nitrogens is 2. The Morgan fingerprint density at radius 3 is 1.52 bits per heavy atom. The van der Waals surface area contributed by atoms with Crippen molar-refractivity contribution in [2.75, 3.05) is 0 Å². The molecule has 9 aromatic rings. The summed E-state index contributed by atoms with van der Waals surface area (Å²) in [5.41, 5.74) is 12.0. The van der Waals surface area contributed by atoms with Crippen molar-refractivity contribution in [1.82, 2.24) is 9.13 Å². The van der Waals surface area contributed by atoms with E-state index in [9.17, 15) is 10.5 Å². The molecule has 0 N–H and O–H groups in total. The van der Waals surface area contributed by atoms with Gasteiger partial charge in [0, 0.05) is 32.9 Å². The molecule has 0 aliphatic carbocycles. The van der Waals surface area contributed by atoms with Gasteiger partial charge in [0.1, 0.15) is 0 Å². The van der Waals surface area contributed by atoms with Crippen molar-refractivity contribution in [2.45, 2.75) is 0 Å². The van der Waals surface area contributed by atoms with Crippen molar-refractivity contribution in [2.24, 2.45) is 0 Å². The normalized spacial score (nSPS) is 11.3. The molecule has 2 heterocycles. The smallest absolute Gasteiger partial charge is 0.0991 e. The average molecular weight is 611 g/mol. The second-order valence-electron chi connectivity index (χ2n) is 12.0. The van der Waals surface area contributed by atoms with Crippen molar-refractivity contribution in [3.8, 4) is 45.8 Å². The van der Waals surface area contributed by atoms with E-state index in [2.05, 4.69) is 137 Å². The lowest BCUT2D eigenvalue weighted by Gasteiger charge is -2.16. The Kier molecular flexibility index (Phi) is 6.22. The quantitative estimate of drug-likeness (QED) is 0.199. The molecular weight excluding hydrogens is 585 g/mol. The molecule has 0 unspecified atom stereocenters. The van der Waals surface area contributed by atoms with E-state index < -0.39 is 0 Å². The van der Waals surface area contributed by atoms with Gasteiger partial charge in [-0.25, -0.2) is 0 Å². The third-order valence-electron chi connectivity index (χ3n) is 9.36. The van der Waals surface area contributed by atoms with Gasteiger partial charge in [-0.2, -0.15) is 10.5 Å². The molecule has 0 saturated heterocycles. The molecule has 0 aliphatic heterocycles. The zero-order valence-corrected chi connectivity index (χ0v) is 25.8. The molecular formula is C44H26N4. The van der Waals surface area contributed by atoms with Crippen LogP contribution in [0.25, 0.3) is 77.2 Å². The van der Waals surface area contributed by atoms with Gasteiger partial charge in [-0.1, -0.05) is 84.9 Å². The minimum absolute atomic E-state index is 0.626. The second-order valence-corrected chi connectivity index (χ2v) is 12.0. The van der Waals surface area contributed by atoms with Crippen molar-refractivity contribution in [1.29, 1.82) is 10.5 Å². The van der Waals surface area contributed by atoms with Gasteiger partial charge < -0.3 is 9.13 Å². The van der Waals surface area contributed by atoms with Gasteiger partial charge in [-0.05, 0) is 95.1 Å². The molecule has 48 heavy (non-hydrogen) atoms. The number of hydrogen-bond donors (Lipinski definition) is 0. The van der Waals surface area contributed by atoms with Gasteiger partial charge in [-0.3, -0.25) is 0 Å². The van der Waals surface area contributed by atoms with E-state index in [1.54, 1.807) is 0 Å². The average Bonchev–Trinajstić information content (AvgIpc) is 3.67. The molecule has 9 rings (SSSR count). The van der Waals surface area contributed by atoms with E-state index in [0.29, 0.717) is 11.1 Å². The van der Waals surface area contributed by atoms with Gasteiger partial charge >= 0.3 is 0 Å². The van der Waals surface area contributed by atoms with Crippen LogP contribution >= 0.6 is 0 Å². The van der Waals surface area contributed by atoms with E-state index in [4.69, 9.17) is 0 Å². The van der Waals surface area contributed by atoms with Crippen LogP contribution in [0.5, 0.6) is 0 Å². The van der Waals surface area contributed by atoms with Gasteiger partial charge in [0.05, 0.1) is 45.3 Å². The first kappa shape index (κ1) is 27.4. The fourth-order valence-electron chi connectivity index (χ4n) is 7.25. The van der Waals surface area contributed by atoms with Crippen LogP contribution < -0.4 is 0 Å². The third-order valence-corrected chi connectivity index (χ3v) is 9.36. The molecule has 0 atom stereocenters. The van der Waals surface area contributed by atoms with Crippen LogP contribution in [-0.4, -0.2) is 9.13 Å². The molecule has 0 radical (unpaired) electrons. The fourth-order valence-corrected chi connectivity index (χ4v) is 7.25. The van der Waals surface area contributed by atoms with Crippen LogP contribution in [-0.2, 0) is 0 Å². The number of nitrogens with zero attached hydrogens (tertiary/aromatic N) is 4. The number of nitriles is 2. The molecule has 0 saturated carbocycles. The number of fused-ring (bicyclic) bond motifs is 6. The number of hydrogen-bond acceptors (Lipinski definition) is 2. The molecule has 0 fully saturated rings. The summed E-state index contributed by atoms with van der Waals surface area (Å²) < 4.78 is 4.62. The molecule has 7 aromatic carbocycles. The first-order valence-electron chi connectivity index (χ1n) is 15.9. The molecule has 0 amide bonds. The molecule has 4 heteroatoms. The largest absolute Gasteiger partial charge is 0.309 e. The first-order chi connectivity index (χ1) is 23.7. The zero-order chi connectivity index (χ0) is 32.2. The number of rotatable bonds is 4. The van der Waals surface area contributed by atoms with Gasteiger partial charge in [0.15, 0.2) is 0 Å². The van der Waals surface area contributed by atoms with Crippen LogP contribution in [0.2, 0.25) is 0 Å². The van der Waals surface area contributed by atoms with E-state index >= 15 is 0 Å². The summed E-state index contributed by atoms with van der Waals surface area (Å²) in [6, 6.07) is 59.1. The minimum atomic E-state index is 0.626. The zero-order valence-electron chi connectivity index (χ0n) is 25.8. The Morgan fingerprint density at radius 1 is 0.354 bits per heavy atom. The summed E-state index contributed by atoms with van der Waals surface area (Å²) in [4.78, 5) is 0. The summed E-state index contributed by atoms with van der Waals surface area (Å²) in [7, 11) is 0. The van der Waals surface area contributed by atoms with Crippen molar-refractivity contribution < 1.29 is 0 Å². The van der Waals surface area contributed by atoms with Gasteiger partial charge in [0.25, 0.3) is 0 Å². The monoisotopic (exact) mass is 610 g/mol. The van der Waals surface area contributed by atoms with Crippen molar-refractivity contribution in [3.63, 3.8) is 0 Å². The predicted molar refractivity (Wildman–Crippen MR) is 195 cm³/mol. The Balaban J connectivity index is 1.31. The molecule has 0 aliphatic rings. The fraction of sp³-hybridized carbons (Fsp3) is 0. The first-order valence-corrected chi connectivity index (χ1v) is 15.9. The lowest BCUT2D eigenvalue weighted by Crippen LogP contribution is -1.97. The molecule has 0 spiro atoms. The molecule has 2 aromatic heterocycles. The molecule has 0 bridgehead atoms. The van der Waals surface area contributed by atoms with Gasteiger partial charge in [0.2, 0.25) is 0 Å². The highest BCUT2D eigenvalue weighted by Crippen LogP contribution is 2.39. The standard InChI is InChI=1S/C44H26N4/c45-27-29-9-7-10-31(23-29)35-21-20-34(48-41-16-4-1-13-36(41)37-14-2-5-17-42(37)48)26-39(35)32-11-8-12-33(25-32)47-43-18-6-3-15-38(43)40-24-30(28-46)19-22-44(40)47/h1-26H. The highest BCUT2D eigenvalue weighted by Gasteiger charge is 2.17. The Hall–Kier alpha value is -6.88. The number of para-hydroxylation sites is 3. The van der Waals surface area contributed by atoms with Crippen LogP contribution in [0.1, 0.15) is 11.1 Å². The lowest BCUT2D eigenvalue weighted by atomic mass is 9.93. The summed E-state index contributed by atoms with van der Waals surface area (Å²) in [5.74, 6) is 0. The van der Waals surface area contributed by atoms with Crippen molar-refractivity contribution in [3.05, 3.63) is 169 Å². The van der Waals surface area contributed by atoms with Gasteiger partial charge in [-0.15, -0.1) is 0 Å². The summed E-state index contributed by atoms with van der Waals surface area (Å²) in [6.45, 7) is 0. The molecule has 222 valence electrons. The molecule has 4 nitrogen and oxygen atoms in total. The minimum Gasteiger partial charge on any atom is -0.309 e. The highest BCUT2D eigenvalue weighted by atomic mass is 15.0. The number of benzene rings is 7. The lowest BCUT2D eigenvalue weighted by molar-refractivity contribution is 1.17. The van der Waals surface area contributed by atoms with Crippen LogP contribution in [0.3, 0.4) is 0 Å².